The molecule has 0 aliphatic rings. The minimum atomic E-state index is -4.82. The number of carboxylic acids is 1. The van der Waals surface area contributed by atoms with Gasteiger partial charge in [0.05, 0.1) is 0 Å². The molecule has 76 valence electrons. The monoisotopic (exact) mass is 214 g/mol. The van der Waals surface area contributed by atoms with Crippen LogP contribution in [-0.2, 0) is 19.4 Å². The lowest BCUT2D eigenvalue weighted by atomic mass is 10.7. The number of hydrogen-bond donors (Lipinski definition) is 3. The first-order valence-corrected chi connectivity index (χ1v) is 3.80. The zero-order chi connectivity index (χ0) is 11.1. The summed E-state index contributed by atoms with van der Waals surface area (Å²) in [6.45, 7) is 2.96. The van der Waals surface area contributed by atoms with E-state index in [2.05, 4.69) is 10.8 Å². The fraction of sp³-hybridized carbons (Fsp3) is 0. The van der Waals surface area contributed by atoms with Crippen molar-refractivity contribution in [2.24, 2.45) is 0 Å². The van der Waals surface area contributed by atoms with E-state index in [0.717, 1.165) is 6.08 Å². The van der Waals surface area contributed by atoms with E-state index < -0.39 is 22.5 Å². The number of aliphatic carboxylic acids is 1. The van der Waals surface area contributed by atoms with Crippen molar-refractivity contribution in [2.75, 3.05) is 0 Å². The molecule has 0 aliphatic carbocycles. The maximum atomic E-state index is 9.39. The van der Waals surface area contributed by atoms with Crippen LogP contribution in [0.15, 0.2) is 12.7 Å². The molecule has 0 atom stereocenters. The molecule has 0 aliphatic heterocycles. The Kier molecular flexibility index (Phi) is 6.40. The third-order valence-corrected chi connectivity index (χ3v) is 0.704. The van der Waals surface area contributed by atoms with Crippen LogP contribution in [0.25, 0.3) is 0 Å². The molecule has 0 saturated carbocycles. The highest BCUT2D eigenvalue weighted by Gasteiger charge is 2.09. The second-order valence-corrected chi connectivity index (χ2v) is 2.34. The summed E-state index contributed by atoms with van der Waals surface area (Å²) >= 11 is 0. The first-order chi connectivity index (χ1) is 5.69. The molecule has 0 amide bonds. The van der Waals surface area contributed by atoms with E-state index in [-0.39, 0.29) is 0 Å². The van der Waals surface area contributed by atoms with Crippen molar-refractivity contribution in [3.05, 3.63) is 12.7 Å². The Balaban J connectivity index is 0. The molecule has 8 nitrogen and oxygen atoms in total. The van der Waals surface area contributed by atoms with Crippen molar-refractivity contribution in [2.45, 2.75) is 0 Å². The average Bonchev–Trinajstić information content (AvgIpc) is 1.83. The van der Waals surface area contributed by atoms with E-state index in [9.17, 15) is 18.0 Å². The molecule has 9 heteroatoms. The van der Waals surface area contributed by atoms with Crippen LogP contribution in [0.5, 0.6) is 0 Å². The first kappa shape index (κ1) is 13.9. The van der Waals surface area contributed by atoms with Crippen LogP contribution >= 0.6 is 0 Å². The maximum absolute atomic E-state index is 9.39. The Morgan fingerprint density at radius 1 is 1.31 bits per heavy atom. The quantitative estimate of drug-likeness (QED) is 0.422. The highest BCUT2D eigenvalue weighted by molar-refractivity contribution is 7.81. The number of carboxylic acid groups (broad SMARTS) is 2. The van der Waals surface area contributed by atoms with Gasteiger partial charge in [-0.15, -0.1) is 0 Å². The van der Waals surface area contributed by atoms with Crippen molar-refractivity contribution in [1.29, 1.82) is 0 Å². The summed E-state index contributed by atoms with van der Waals surface area (Å²) in [6, 6.07) is 0. The minimum Gasteiger partial charge on any atom is -0.478 e. The van der Waals surface area contributed by atoms with Gasteiger partial charge in [0.25, 0.3) is 0 Å². The standard InChI is InChI=1S/C3H4O2.CH2O6S/c1-2-3(4)5;2-1(3)7-8(4,5)6/h2H,1H2,(H,4,5);(H,2,3)(H,4,5,6). The molecule has 0 spiro atoms. The maximum Gasteiger partial charge on any atom is 0.523 e. The molecule has 0 saturated heterocycles. The lowest BCUT2D eigenvalue weighted by Gasteiger charge is -1.88. The Morgan fingerprint density at radius 3 is 1.62 bits per heavy atom. The van der Waals surface area contributed by atoms with E-state index in [1.165, 1.54) is 0 Å². The molecular weight excluding hydrogens is 208 g/mol. The zero-order valence-electron chi connectivity index (χ0n) is 6.08. The molecule has 0 radical (unpaired) electrons. The third kappa shape index (κ3) is 25.2. The Hall–Kier alpha value is -1.61. The van der Waals surface area contributed by atoms with Gasteiger partial charge in [0.15, 0.2) is 0 Å². The van der Waals surface area contributed by atoms with E-state index in [1.807, 2.05) is 0 Å². The van der Waals surface area contributed by atoms with Gasteiger partial charge in [0, 0.05) is 6.08 Å². The average molecular weight is 214 g/mol. The molecular formula is C4H6O8S. The van der Waals surface area contributed by atoms with Crippen LogP contribution in [0, 0.1) is 0 Å². The summed E-state index contributed by atoms with van der Waals surface area (Å²) in [5, 5.41) is 15.1. The van der Waals surface area contributed by atoms with E-state index >= 15 is 0 Å². The van der Waals surface area contributed by atoms with E-state index in [1.54, 1.807) is 0 Å². The van der Waals surface area contributed by atoms with Gasteiger partial charge in [-0.2, -0.15) is 8.42 Å². The van der Waals surface area contributed by atoms with Crippen LogP contribution < -0.4 is 0 Å². The normalized spacial score (nSPS) is 9.00. The minimum absolute atomic E-state index is 0.833. The van der Waals surface area contributed by atoms with Crippen LogP contribution in [-0.4, -0.2) is 35.3 Å². The van der Waals surface area contributed by atoms with Crippen molar-refractivity contribution in [1.82, 2.24) is 0 Å². The number of hydrogen-bond acceptors (Lipinski definition) is 5. The van der Waals surface area contributed by atoms with Crippen LogP contribution in [0.3, 0.4) is 0 Å². The molecule has 0 fully saturated rings. The SMILES string of the molecule is C=CC(=O)O.O=C(O)OS(=O)(=O)O. The molecule has 0 aromatic heterocycles. The van der Waals surface area contributed by atoms with Crippen LogP contribution in [0.2, 0.25) is 0 Å². The Morgan fingerprint density at radius 2 is 1.62 bits per heavy atom. The first-order valence-electron chi connectivity index (χ1n) is 2.44. The van der Waals surface area contributed by atoms with E-state index in [4.69, 9.17) is 14.8 Å². The second kappa shape index (κ2) is 5.97. The van der Waals surface area contributed by atoms with Gasteiger partial charge in [0.1, 0.15) is 0 Å². The lowest BCUT2D eigenvalue weighted by molar-refractivity contribution is -0.131. The van der Waals surface area contributed by atoms with Gasteiger partial charge in [0.2, 0.25) is 0 Å². The van der Waals surface area contributed by atoms with Crippen LogP contribution in [0.1, 0.15) is 0 Å². The van der Waals surface area contributed by atoms with Gasteiger partial charge in [-0.25, -0.2) is 9.59 Å². The Labute approximate surface area is 73.0 Å². The molecule has 0 aromatic rings. The van der Waals surface area contributed by atoms with Crippen molar-refractivity contribution in [3.8, 4) is 0 Å². The topological polar surface area (TPSA) is 138 Å². The second-order valence-electron chi connectivity index (χ2n) is 1.32. The summed E-state index contributed by atoms with van der Waals surface area (Å²) in [4.78, 5) is 18.5. The predicted molar refractivity (Wildman–Crippen MR) is 38.5 cm³/mol. The third-order valence-electron chi connectivity index (χ3n) is 0.351. The number of rotatable bonds is 2. The fourth-order valence-corrected chi connectivity index (χ4v) is 0.270. The van der Waals surface area contributed by atoms with Gasteiger partial charge < -0.3 is 10.2 Å². The highest BCUT2D eigenvalue weighted by atomic mass is 32.3. The van der Waals surface area contributed by atoms with Gasteiger partial charge >= 0.3 is 22.5 Å². The van der Waals surface area contributed by atoms with Gasteiger partial charge in [-0.3, -0.25) is 8.74 Å². The summed E-state index contributed by atoms with van der Waals surface area (Å²) in [7, 11) is -4.82. The van der Waals surface area contributed by atoms with Crippen LogP contribution in [0.4, 0.5) is 4.79 Å². The van der Waals surface area contributed by atoms with Crippen molar-refractivity contribution in [3.63, 3.8) is 0 Å². The largest absolute Gasteiger partial charge is 0.523 e. The van der Waals surface area contributed by atoms with Crippen molar-refractivity contribution < 1.29 is 37.0 Å². The van der Waals surface area contributed by atoms with Gasteiger partial charge in [-0.05, 0) is 0 Å². The molecule has 0 rings (SSSR count). The highest BCUT2D eigenvalue weighted by Crippen LogP contribution is 1.83. The molecule has 13 heavy (non-hydrogen) atoms. The fourth-order valence-electron chi connectivity index (χ4n) is 0.0901. The van der Waals surface area contributed by atoms with Gasteiger partial charge in [-0.1, -0.05) is 6.58 Å². The smallest absolute Gasteiger partial charge is 0.478 e. The summed E-state index contributed by atoms with van der Waals surface area (Å²) < 4.78 is 29.2. The lowest BCUT2D eigenvalue weighted by Crippen LogP contribution is -2.08. The summed E-state index contributed by atoms with van der Waals surface area (Å²) in [5.41, 5.74) is 0. The molecule has 0 unspecified atom stereocenters. The Bertz CT molecular complexity index is 287. The zero-order valence-corrected chi connectivity index (χ0v) is 6.89. The summed E-state index contributed by atoms with van der Waals surface area (Å²) in [6.07, 6.45) is -1.23. The molecule has 0 heterocycles. The van der Waals surface area contributed by atoms with E-state index in [0.29, 0.717) is 0 Å². The van der Waals surface area contributed by atoms with Crippen molar-refractivity contribution >= 4 is 22.5 Å². The molecule has 0 aromatic carbocycles. The summed E-state index contributed by atoms with van der Waals surface area (Å²) in [5.74, 6) is -0.981. The molecule has 0 bridgehead atoms. The predicted octanol–water partition coefficient (Wildman–Crippen LogP) is -0.259. The number of carbonyl (C=O) groups is 2. The molecule has 3 N–H and O–H groups in total.